The molecule has 11 heteroatoms. The maximum absolute atomic E-state index is 14.4. The fourth-order valence-corrected chi connectivity index (χ4v) is 6.36. The molecule has 6 aromatic rings. The molecular formula is C37H37N9O2. The largest absolute Gasteiger partial charge is 0.344 e. The Kier molecular flexibility index (Phi) is 8.59. The van der Waals surface area contributed by atoms with Gasteiger partial charge in [-0.2, -0.15) is 10.2 Å². The van der Waals surface area contributed by atoms with E-state index in [-0.39, 0.29) is 11.5 Å². The summed E-state index contributed by atoms with van der Waals surface area (Å²) in [5.41, 5.74) is 9.99. The summed E-state index contributed by atoms with van der Waals surface area (Å²) in [7, 11) is 0. The first kappa shape index (κ1) is 31.1. The summed E-state index contributed by atoms with van der Waals surface area (Å²) >= 11 is 0. The molecule has 0 saturated carbocycles. The summed E-state index contributed by atoms with van der Waals surface area (Å²) in [6.45, 7) is 7.38. The molecule has 1 fully saturated rings. The van der Waals surface area contributed by atoms with Gasteiger partial charge in [0.1, 0.15) is 5.56 Å². The molecule has 1 saturated heterocycles. The summed E-state index contributed by atoms with van der Waals surface area (Å²) in [5, 5.41) is 13.3. The van der Waals surface area contributed by atoms with E-state index in [0.717, 1.165) is 50.0 Å². The fourth-order valence-electron chi connectivity index (χ4n) is 6.36. The molecule has 0 spiro atoms. The molecule has 48 heavy (non-hydrogen) atoms. The number of hydrogen-bond acceptors (Lipinski definition) is 7. The van der Waals surface area contributed by atoms with Gasteiger partial charge in [0.2, 0.25) is 0 Å². The van der Waals surface area contributed by atoms with E-state index in [1.54, 1.807) is 40.7 Å². The Morgan fingerprint density at radius 1 is 1.06 bits per heavy atom. The average Bonchev–Trinajstić information content (AvgIpc) is 3.70. The topological polar surface area (TPSA) is 128 Å². The van der Waals surface area contributed by atoms with Crippen molar-refractivity contribution in [2.45, 2.75) is 45.3 Å². The van der Waals surface area contributed by atoms with Gasteiger partial charge in [0, 0.05) is 48.1 Å². The zero-order chi connectivity index (χ0) is 33.2. The van der Waals surface area contributed by atoms with Crippen molar-refractivity contribution >= 4 is 22.3 Å². The van der Waals surface area contributed by atoms with E-state index in [1.807, 2.05) is 72.4 Å². The molecule has 11 nitrogen and oxygen atoms in total. The zero-order valence-electron chi connectivity index (χ0n) is 27.0. The summed E-state index contributed by atoms with van der Waals surface area (Å²) in [4.78, 5) is 34.8. The molecule has 3 N–H and O–H groups in total. The monoisotopic (exact) mass is 639 g/mol. The number of likely N-dealkylation sites (tertiary alicyclic amines) is 1. The third-order valence-electron chi connectivity index (χ3n) is 8.93. The van der Waals surface area contributed by atoms with Crippen molar-refractivity contribution in [2.75, 3.05) is 19.6 Å². The number of fused-ring (bicyclic) bond motifs is 2. The standard InChI is InChI=1S/C37H37N9O2/c1-25(41-36(47)33-26(2)42-45-17-7-16-39-35(33)45)32-22-29-9-6-8-28(34(29)37(48)46(32)31-10-4-3-5-11-31)13-12-27-23-40-44(24-27)21-20-43-18-14-30(38)15-19-43/h3-11,16-17,22-25,30H,14-15,18-21,38H2,1-2H3,(H,41,47)/t25-/m0/s1. The number of aromatic nitrogens is 6. The maximum Gasteiger partial charge on any atom is 0.264 e. The van der Waals surface area contributed by atoms with Gasteiger partial charge >= 0.3 is 0 Å². The van der Waals surface area contributed by atoms with Gasteiger partial charge in [-0.1, -0.05) is 42.2 Å². The second-order valence-corrected chi connectivity index (χ2v) is 12.3. The van der Waals surface area contributed by atoms with Crippen LogP contribution < -0.4 is 16.6 Å². The lowest BCUT2D eigenvalue weighted by atomic mass is 10.0. The minimum Gasteiger partial charge on any atom is -0.344 e. The lowest BCUT2D eigenvalue weighted by molar-refractivity contribution is 0.0939. The van der Waals surface area contributed by atoms with Crippen molar-refractivity contribution in [3.63, 3.8) is 0 Å². The van der Waals surface area contributed by atoms with Crippen LogP contribution in [0.3, 0.4) is 0 Å². The maximum atomic E-state index is 14.4. The van der Waals surface area contributed by atoms with Crippen LogP contribution in [0, 0.1) is 18.8 Å². The van der Waals surface area contributed by atoms with Crippen LogP contribution in [0.5, 0.6) is 0 Å². The van der Waals surface area contributed by atoms with E-state index >= 15 is 0 Å². The van der Waals surface area contributed by atoms with Crippen molar-refractivity contribution in [2.24, 2.45) is 5.73 Å². The summed E-state index contributed by atoms with van der Waals surface area (Å²) in [5.74, 6) is 6.14. The Labute approximate surface area is 278 Å². The highest BCUT2D eigenvalue weighted by Gasteiger charge is 2.23. The molecular weight excluding hydrogens is 602 g/mol. The first-order valence-electron chi connectivity index (χ1n) is 16.2. The third kappa shape index (κ3) is 6.23. The molecule has 7 rings (SSSR count). The third-order valence-corrected chi connectivity index (χ3v) is 8.93. The number of nitrogens with one attached hydrogen (secondary N) is 1. The fraction of sp³-hybridized carbons (Fsp3) is 0.270. The highest BCUT2D eigenvalue weighted by atomic mass is 16.2. The number of aryl methyl sites for hydroxylation is 1. The van der Waals surface area contributed by atoms with Crippen LogP contribution in [0.25, 0.3) is 22.1 Å². The SMILES string of the molecule is Cc1nn2cccnc2c1C(=O)N[C@@H](C)c1cc2cccc(C#Cc3cnn(CCN4CCC(N)CC4)c3)c2c(=O)n1-c1ccccc1. The van der Waals surface area contributed by atoms with Gasteiger partial charge in [-0.25, -0.2) is 9.50 Å². The first-order chi connectivity index (χ1) is 23.4. The number of benzene rings is 2. The van der Waals surface area contributed by atoms with Gasteiger partial charge in [-0.15, -0.1) is 0 Å². The highest BCUT2D eigenvalue weighted by Crippen LogP contribution is 2.24. The quantitative estimate of drug-likeness (QED) is 0.254. The molecule has 0 aliphatic carbocycles. The van der Waals surface area contributed by atoms with Crippen LogP contribution in [0.2, 0.25) is 0 Å². The number of carbonyl (C=O) groups is 1. The predicted molar refractivity (Wildman–Crippen MR) is 185 cm³/mol. The number of pyridine rings is 1. The summed E-state index contributed by atoms with van der Waals surface area (Å²) in [6, 6.07) is 18.6. The van der Waals surface area contributed by atoms with Crippen LogP contribution in [-0.4, -0.2) is 65.4 Å². The molecule has 1 aliphatic heterocycles. The van der Waals surface area contributed by atoms with Gasteiger partial charge < -0.3 is 16.0 Å². The minimum absolute atomic E-state index is 0.217. The molecule has 242 valence electrons. The number of nitrogens with zero attached hydrogens (tertiary/aromatic N) is 7. The zero-order valence-corrected chi connectivity index (χ0v) is 27.0. The Bertz CT molecular complexity index is 2230. The molecule has 0 bridgehead atoms. The Balaban J connectivity index is 1.20. The van der Waals surface area contributed by atoms with Crippen molar-refractivity contribution in [3.05, 3.63) is 124 Å². The number of carbonyl (C=O) groups excluding carboxylic acids is 1. The summed E-state index contributed by atoms with van der Waals surface area (Å²) < 4.78 is 5.16. The van der Waals surface area contributed by atoms with Crippen LogP contribution in [0.15, 0.2) is 90.2 Å². The molecule has 5 heterocycles. The van der Waals surface area contributed by atoms with E-state index in [0.29, 0.717) is 45.3 Å². The van der Waals surface area contributed by atoms with E-state index in [2.05, 4.69) is 37.2 Å². The molecule has 1 atom stereocenters. The van der Waals surface area contributed by atoms with E-state index < -0.39 is 6.04 Å². The van der Waals surface area contributed by atoms with Crippen LogP contribution in [0.4, 0.5) is 0 Å². The molecule has 1 amide bonds. The minimum atomic E-state index is -0.532. The lowest BCUT2D eigenvalue weighted by Gasteiger charge is -2.29. The van der Waals surface area contributed by atoms with E-state index in [4.69, 9.17) is 5.73 Å². The molecule has 1 aliphatic rings. The van der Waals surface area contributed by atoms with Crippen LogP contribution in [-0.2, 0) is 6.54 Å². The second-order valence-electron chi connectivity index (χ2n) is 12.3. The van der Waals surface area contributed by atoms with E-state index in [1.165, 1.54) is 0 Å². The van der Waals surface area contributed by atoms with Gasteiger partial charge in [0.05, 0.1) is 35.4 Å². The van der Waals surface area contributed by atoms with Crippen molar-refractivity contribution < 1.29 is 4.79 Å². The Hall–Kier alpha value is -5.57. The molecule has 0 radical (unpaired) electrons. The Morgan fingerprint density at radius 2 is 1.88 bits per heavy atom. The number of para-hydroxylation sites is 1. The first-order valence-corrected chi connectivity index (χ1v) is 16.2. The van der Waals surface area contributed by atoms with Gasteiger partial charge in [-0.05, 0) is 75.5 Å². The molecule has 4 aromatic heterocycles. The van der Waals surface area contributed by atoms with Gasteiger partial charge in [0.25, 0.3) is 11.5 Å². The average molecular weight is 640 g/mol. The molecule has 0 unspecified atom stereocenters. The number of amides is 1. The number of rotatable bonds is 7. The highest BCUT2D eigenvalue weighted by molar-refractivity contribution is 6.01. The van der Waals surface area contributed by atoms with Crippen molar-refractivity contribution in [3.8, 4) is 17.5 Å². The van der Waals surface area contributed by atoms with Gasteiger partial charge in [-0.3, -0.25) is 18.8 Å². The number of nitrogens with two attached hydrogens (primary N) is 1. The second kappa shape index (κ2) is 13.3. The normalized spacial score (nSPS) is 14.6. The lowest BCUT2D eigenvalue weighted by Crippen LogP contribution is -2.40. The van der Waals surface area contributed by atoms with Crippen LogP contribution >= 0.6 is 0 Å². The van der Waals surface area contributed by atoms with Crippen LogP contribution in [0.1, 0.15) is 58.7 Å². The Morgan fingerprint density at radius 3 is 2.69 bits per heavy atom. The predicted octanol–water partition coefficient (Wildman–Crippen LogP) is 3.85. The van der Waals surface area contributed by atoms with Gasteiger partial charge in [0.15, 0.2) is 5.65 Å². The summed E-state index contributed by atoms with van der Waals surface area (Å²) in [6.07, 6.45) is 9.15. The number of piperidine rings is 1. The molecule has 2 aromatic carbocycles. The van der Waals surface area contributed by atoms with Crippen molar-refractivity contribution in [1.29, 1.82) is 0 Å². The van der Waals surface area contributed by atoms with E-state index in [9.17, 15) is 9.59 Å². The smallest absolute Gasteiger partial charge is 0.264 e. The van der Waals surface area contributed by atoms with Crippen molar-refractivity contribution in [1.82, 2.24) is 39.2 Å². The number of hydrogen-bond donors (Lipinski definition) is 2.